The van der Waals surface area contributed by atoms with Crippen LogP contribution in [0, 0.1) is 5.82 Å². The van der Waals surface area contributed by atoms with Crippen molar-refractivity contribution in [2.75, 3.05) is 5.73 Å². The van der Waals surface area contributed by atoms with Crippen molar-refractivity contribution in [2.45, 2.75) is 4.90 Å². The second-order valence-electron chi connectivity index (χ2n) is 2.80. The molecule has 6 nitrogen and oxygen atoms in total. The molecule has 0 bridgehead atoms. The van der Waals surface area contributed by atoms with Gasteiger partial charge in [-0.3, -0.25) is 0 Å². The lowest BCUT2D eigenvalue weighted by Crippen LogP contribution is -2.24. The lowest BCUT2D eigenvalue weighted by atomic mass is 10.3. The fraction of sp³-hybridized carbons (Fsp3) is 0. The van der Waals surface area contributed by atoms with Gasteiger partial charge in [0, 0.05) is 5.02 Å². The molecule has 1 rings (SSSR count). The number of hydrogen-bond acceptors (Lipinski definition) is 3. The van der Waals surface area contributed by atoms with Crippen molar-refractivity contribution < 1.29 is 12.8 Å². The molecule has 0 heterocycles. The minimum atomic E-state index is -4.34. The fourth-order valence-electron chi connectivity index (χ4n) is 0.960. The van der Waals surface area contributed by atoms with E-state index in [0.29, 0.717) is 0 Å². The van der Waals surface area contributed by atoms with Crippen molar-refractivity contribution in [3.63, 3.8) is 0 Å². The summed E-state index contributed by atoms with van der Waals surface area (Å²) in [5, 5.41) is -0.0386. The summed E-state index contributed by atoms with van der Waals surface area (Å²) in [5.74, 6) is -1.85. The second-order valence-corrected chi connectivity index (χ2v) is 4.81. The molecule has 0 amide bonds. The average Bonchev–Trinajstić information content (AvgIpc) is 2.08. The lowest BCUT2D eigenvalue weighted by Gasteiger charge is -2.04. The van der Waals surface area contributed by atoms with E-state index in [1.165, 1.54) is 0 Å². The summed E-state index contributed by atoms with van der Waals surface area (Å²) >= 11 is 5.54. The number of hydrogen-bond donors (Lipinski definition) is 3. The predicted molar refractivity (Wildman–Crippen MR) is 58.8 cm³/mol. The average molecular weight is 267 g/mol. The van der Waals surface area contributed by atoms with Gasteiger partial charge in [0.25, 0.3) is 10.0 Å². The minimum Gasteiger partial charge on any atom is -0.396 e. The molecule has 0 saturated carbocycles. The number of nitrogens with two attached hydrogens (primary N) is 3. The highest BCUT2D eigenvalue weighted by atomic mass is 35.5. The Morgan fingerprint density at radius 3 is 2.44 bits per heavy atom. The van der Waals surface area contributed by atoms with Gasteiger partial charge in [-0.1, -0.05) is 11.6 Å². The first-order valence-electron chi connectivity index (χ1n) is 3.84. The highest BCUT2D eigenvalue weighted by molar-refractivity contribution is 7.90. The van der Waals surface area contributed by atoms with Gasteiger partial charge >= 0.3 is 0 Å². The standard InChI is InChI=1S/C7H8ClFN4O2S/c8-3-1-4(10)6(9)5(2-3)16(14,15)13-7(11)12/h1-2H,10H2,(H4,11,12,13). The number of anilines is 1. The van der Waals surface area contributed by atoms with Crippen LogP contribution in [0.25, 0.3) is 0 Å². The van der Waals surface area contributed by atoms with Crippen LogP contribution in [-0.4, -0.2) is 14.4 Å². The van der Waals surface area contributed by atoms with Crippen LogP contribution in [0.2, 0.25) is 5.02 Å². The third-order valence-corrected chi connectivity index (χ3v) is 3.06. The maximum atomic E-state index is 13.4. The number of guanidine groups is 1. The zero-order valence-corrected chi connectivity index (χ0v) is 9.39. The van der Waals surface area contributed by atoms with Crippen LogP contribution in [0.4, 0.5) is 10.1 Å². The molecular formula is C7H8ClFN4O2S. The Labute approximate surface area is 95.9 Å². The highest BCUT2D eigenvalue weighted by Crippen LogP contribution is 2.26. The maximum absolute atomic E-state index is 13.4. The summed E-state index contributed by atoms with van der Waals surface area (Å²) in [6.07, 6.45) is 0. The summed E-state index contributed by atoms with van der Waals surface area (Å²) in [6, 6.07) is 1.94. The highest BCUT2D eigenvalue weighted by Gasteiger charge is 2.21. The molecular weight excluding hydrogens is 259 g/mol. The molecule has 0 unspecified atom stereocenters. The van der Waals surface area contributed by atoms with Crippen molar-refractivity contribution in [1.29, 1.82) is 0 Å². The van der Waals surface area contributed by atoms with Crippen LogP contribution < -0.4 is 17.2 Å². The zero-order chi connectivity index (χ0) is 12.5. The van der Waals surface area contributed by atoms with E-state index in [2.05, 4.69) is 4.40 Å². The van der Waals surface area contributed by atoms with Gasteiger partial charge in [-0.15, -0.1) is 4.40 Å². The van der Waals surface area contributed by atoms with E-state index in [9.17, 15) is 12.8 Å². The Bertz CT molecular complexity index is 554. The molecule has 0 radical (unpaired) electrons. The van der Waals surface area contributed by atoms with Crippen LogP contribution in [-0.2, 0) is 10.0 Å². The topological polar surface area (TPSA) is 125 Å². The maximum Gasteiger partial charge on any atom is 0.288 e. The van der Waals surface area contributed by atoms with E-state index >= 15 is 0 Å². The first-order valence-corrected chi connectivity index (χ1v) is 5.66. The number of rotatable bonds is 2. The number of benzene rings is 1. The minimum absolute atomic E-state index is 0.0386. The van der Waals surface area contributed by atoms with Gasteiger partial charge in [-0.2, -0.15) is 8.42 Å². The number of halogens is 2. The molecule has 0 fully saturated rings. The molecule has 0 saturated heterocycles. The molecule has 0 aromatic heterocycles. The predicted octanol–water partition coefficient (Wildman–Crippen LogP) is 0.0234. The molecule has 0 atom stereocenters. The van der Waals surface area contributed by atoms with Gasteiger partial charge in [-0.25, -0.2) is 4.39 Å². The first kappa shape index (κ1) is 12.5. The van der Waals surface area contributed by atoms with Crippen molar-refractivity contribution >= 4 is 33.3 Å². The molecule has 16 heavy (non-hydrogen) atoms. The van der Waals surface area contributed by atoms with Gasteiger partial charge in [0.1, 0.15) is 4.90 Å². The number of sulfonamides is 1. The lowest BCUT2D eigenvalue weighted by molar-refractivity contribution is 0.570. The van der Waals surface area contributed by atoms with Crippen LogP contribution in [0.15, 0.2) is 21.4 Å². The van der Waals surface area contributed by atoms with Crippen molar-refractivity contribution in [3.05, 3.63) is 23.0 Å². The summed E-state index contributed by atoms with van der Waals surface area (Å²) in [4.78, 5) is -0.772. The molecule has 0 aliphatic carbocycles. The summed E-state index contributed by atoms with van der Waals surface area (Å²) in [5.41, 5.74) is 14.6. The number of nitrogen functional groups attached to an aromatic ring is 1. The van der Waals surface area contributed by atoms with E-state index in [-0.39, 0.29) is 5.02 Å². The zero-order valence-electron chi connectivity index (χ0n) is 7.81. The van der Waals surface area contributed by atoms with E-state index in [4.69, 9.17) is 28.8 Å². The Morgan fingerprint density at radius 2 is 1.94 bits per heavy atom. The van der Waals surface area contributed by atoms with E-state index in [1.54, 1.807) is 0 Å². The Hall–Kier alpha value is -1.54. The monoisotopic (exact) mass is 266 g/mol. The fourth-order valence-corrected chi connectivity index (χ4v) is 2.25. The van der Waals surface area contributed by atoms with Crippen molar-refractivity contribution in [2.24, 2.45) is 15.9 Å². The third kappa shape index (κ3) is 2.52. The summed E-state index contributed by atoms with van der Waals surface area (Å²) < 4.78 is 39.3. The first-order chi connectivity index (χ1) is 7.24. The Kier molecular flexibility index (Phi) is 3.24. The Balaban J connectivity index is 3.51. The van der Waals surface area contributed by atoms with Gasteiger partial charge in [-0.05, 0) is 12.1 Å². The van der Waals surface area contributed by atoms with Crippen LogP contribution in [0.1, 0.15) is 0 Å². The van der Waals surface area contributed by atoms with Gasteiger partial charge in [0.2, 0.25) is 5.96 Å². The number of nitrogens with zero attached hydrogens (tertiary/aromatic N) is 1. The van der Waals surface area contributed by atoms with Crippen LogP contribution >= 0.6 is 11.6 Å². The second kappa shape index (κ2) is 4.14. The largest absolute Gasteiger partial charge is 0.396 e. The van der Waals surface area contributed by atoms with E-state index in [0.717, 1.165) is 12.1 Å². The molecule has 9 heteroatoms. The van der Waals surface area contributed by atoms with Crippen molar-refractivity contribution in [3.8, 4) is 0 Å². The third-order valence-electron chi connectivity index (χ3n) is 1.54. The molecule has 88 valence electrons. The SMILES string of the molecule is NC(N)=NS(=O)(=O)c1cc(Cl)cc(N)c1F. The normalized spacial score (nSPS) is 11.1. The molecule has 6 N–H and O–H groups in total. The quantitative estimate of drug-likeness (QED) is 0.395. The molecule has 0 aliphatic rings. The molecule has 0 aliphatic heterocycles. The molecule has 1 aromatic carbocycles. The van der Waals surface area contributed by atoms with Gasteiger partial charge < -0.3 is 17.2 Å². The van der Waals surface area contributed by atoms with E-state index < -0.39 is 32.4 Å². The van der Waals surface area contributed by atoms with Gasteiger partial charge in [0.05, 0.1) is 5.69 Å². The molecule has 0 spiro atoms. The smallest absolute Gasteiger partial charge is 0.288 e. The summed E-state index contributed by atoms with van der Waals surface area (Å²) in [6.45, 7) is 0. The Morgan fingerprint density at radius 1 is 1.38 bits per heavy atom. The van der Waals surface area contributed by atoms with Crippen LogP contribution in [0.3, 0.4) is 0 Å². The summed E-state index contributed by atoms with van der Waals surface area (Å²) in [7, 11) is -4.34. The van der Waals surface area contributed by atoms with Crippen molar-refractivity contribution in [1.82, 2.24) is 0 Å². The van der Waals surface area contributed by atoms with Gasteiger partial charge in [0.15, 0.2) is 5.82 Å². The molecule has 1 aromatic rings. The van der Waals surface area contributed by atoms with E-state index in [1.807, 2.05) is 0 Å². The van der Waals surface area contributed by atoms with Crippen LogP contribution in [0.5, 0.6) is 0 Å².